The van der Waals surface area contributed by atoms with Gasteiger partial charge in [0.2, 0.25) is 0 Å². The summed E-state index contributed by atoms with van der Waals surface area (Å²) >= 11 is 3.25. The first-order chi connectivity index (χ1) is 9.38. The number of pyridine rings is 1. The molecule has 0 saturated carbocycles. The molecule has 0 fully saturated rings. The average Bonchev–Trinajstić information content (AvgIpc) is 2.37. The van der Waals surface area contributed by atoms with E-state index in [4.69, 9.17) is 5.26 Å². The van der Waals surface area contributed by atoms with Crippen LogP contribution in [0.2, 0.25) is 0 Å². The second kappa shape index (κ2) is 5.51. The molecule has 0 saturated heterocycles. The van der Waals surface area contributed by atoms with Gasteiger partial charge in [-0.25, -0.2) is 4.98 Å². The van der Waals surface area contributed by atoms with Crippen molar-refractivity contribution in [2.75, 3.05) is 5.32 Å². The summed E-state index contributed by atoms with van der Waals surface area (Å²) in [4.78, 5) is 3.35. The third-order valence-corrected chi connectivity index (χ3v) is 2.83. The van der Waals surface area contributed by atoms with Crippen molar-refractivity contribution in [3.8, 4) is 6.07 Å². The van der Waals surface area contributed by atoms with E-state index in [0.717, 1.165) is 12.3 Å². The molecule has 20 heavy (non-hydrogen) atoms. The zero-order valence-electron chi connectivity index (χ0n) is 9.87. The van der Waals surface area contributed by atoms with E-state index in [1.807, 2.05) is 6.07 Å². The second-order valence-electron chi connectivity index (χ2n) is 3.90. The van der Waals surface area contributed by atoms with Crippen LogP contribution in [0.3, 0.4) is 0 Å². The summed E-state index contributed by atoms with van der Waals surface area (Å²) in [6, 6.07) is 9.09. The number of anilines is 2. The van der Waals surface area contributed by atoms with E-state index in [0.29, 0.717) is 21.4 Å². The van der Waals surface area contributed by atoms with E-state index in [9.17, 15) is 13.2 Å². The first-order valence-electron chi connectivity index (χ1n) is 5.39. The van der Waals surface area contributed by atoms with Crippen molar-refractivity contribution in [3.05, 3.63) is 52.3 Å². The maximum atomic E-state index is 12.4. The van der Waals surface area contributed by atoms with Gasteiger partial charge in [-0.2, -0.15) is 18.4 Å². The number of nitrogens with zero attached hydrogens (tertiary/aromatic N) is 2. The highest BCUT2D eigenvalue weighted by Gasteiger charge is 2.31. The quantitative estimate of drug-likeness (QED) is 0.876. The highest BCUT2D eigenvalue weighted by molar-refractivity contribution is 9.10. The normalized spacial score (nSPS) is 10.9. The van der Waals surface area contributed by atoms with E-state index in [1.54, 1.807) is 18.2 Å². The molecule has 1 aromatic carbocycles. The molecule has 1 heterocycles. The summed E-state index contributed by atoms with van der Waals surface area (Å²) in [5.41, 5.74) is 0.467. The molecule has 2 aromatic rings. The Morgan fingerprint density at radius 3 is 2.45 bits per heavy atom. The zero-order chi connectivity index (χ0) is 14.8. The molecule has 3 nitrogen and oxygen atoms in total. The lowest BCUT2D eigenvalue weighted by molar-refractivity contribution is -0.141. The molecule has 0 spiro atoms. The number of nitrogens with one attached hydrogen (secondary N) is 1. The van der Waals surface area contributed by atoms with E-state index in [2.05, 4.69) is 26.2 Å². The summed E-state index contributed by atoms with van der Waals surface area (Å²) in [5.74, 6) is 0. The number of benzene rings is 1. The van der Waals surface area contributed by atoms with E-state index < -0.39 is 11.9 Å². The Balaban J connectivity index is 2.23. The predicted octanol–water partition coefficient (Wildman–Crippen LogP) is 4.48. The minimum atomic E-state index is -4.46. The minimum Gasteiger partial charge on any atom is -0.354 e. The molecule has 102 valence electrons. The topological polar surface area (TPSA) is 48.7 Å². The van der Waals surface area contributed by atoms with Gasteiger partial charge in [0.25, 0.3) is 0 Å². The van der Waals surface area contributed by atoms with Gasteiger partial charge in [-0.15, -0.1) is 0 Å². The van der Waals surface area contributed by atoms with Crippen LogP contribution in [-0.2, 0) is 6.18 Å². The van der Waals surface area contributed by atoms with Crippen molar-refractivity contribution in [1.82, 2.24) is 4.98 Å². The first-order valence-corrected chi connectivity index (χ1v) is 6.19. The SMILES string of the molecule is N#Cc1cc(Br)cc(Nc2ccc(C(F)(F)F)nc2)c1. The molecule has 0 bridgehead atoms. The van der Waals surface area contributed by atoms with Gasteiger partial charge in [-0.3, -0.25) is 0 Å². The molecule has 0 aliphatic carbocycles. The van der Waals surface area contributed by atoms with Crippen LogP contribution in [-0.4, -0.2) is 4.98 Å². The molecule has 0 unspecified atom stereocenters. The fraction of sp³-hybridized carbons (Fsp3) is 0.0769. The van der Waals surface area contributed by atoms with E-state index in [1.165, 1.54) is 6.07 Å². The first kappa shape index (κ1) is 14.3. The second-order valence-corrected chi connectivity index (χ2v) is 4.81. The van der Waals surface area contributed by atoms with Crippen LogP contribution in [0.4, 0.5) is 24.5 Å². The molecule has 0 aliphatic rings. The van der Waals surface area contributed by atoms with Crippen LogP contribution in [0, 0.1) is 11.3 Å². The van der Waals surface area contributed by atoms with Crippen molar-refractivity contribution in [3.63, 3.8) is 0 Å². The summed E-state index contributed by atoms with van der Waals surface area (Å²) in [7, 11) is 0. The van der Waals surface area contributed by atoms with Crippen molar-refractivity contribution < 1.29 is 13.2 Å². The maximum absolute atomic E-state index is 12.4. The van der Waals surface area contributed by atoms with Crippen molar-refractivity contribution in [1.29, 1.82) is 5.26 Å². The summed E-state index contributed by atoms with van der Waals surface area (Å²) < 4.78 is 37.8. The van der Waals surface area contributed by atoms with Gasteiger partial charge in [-0.05, 0) is 30.3 Å². The van der Waals surface area contributed by atoms with Crippen LogP contribution in [0.15, 0.2) is 41.0 Å². The number of nitriles is 1. The van der Waals surface area contributed by atoms with Crippen LogP contribution in [0.1, 0.15) is 11.3 Å². The Labute approximate surface area is 121 Å². The zero-order valence-corrected chi connectivity index (χ0v) is 11.5. The molecule has 0 atom stereocenters. The fourth-order valence-electron chi connectivity index (χ4n) is 1.53. The van der Waals surface area contributed by atoms with Crippen molar-refractivity contribution >= 4 is 27.3 Å². The van der Waals surface area contributed by atoms with Crippen LogP contribution in [0.5, 0.6) is 0 Å². The number of hydrogen-bond donors (Lipinski definition) is 1. The maximum Gasteiger partial charge on any atom is 0.433 e. The lowest BCUT2D eigenvalue weighted by Crippen LogP contribution is -2.07. The Kier molecular flexibility index (Phi) is 3.95. The number of aromatic nitrogens is 1. The molecule has 7 heteroatoms. The number of rotatable bonds is 2. The minimum absolute atomic E-state index is 0.403. The van der Waals surface area contributed by atoms with Gasteiger partial charge in [0.1, 0.15) is 5.69 Å². The summed E-state index contributed by atoms with van der Waals surface area (Å²) in [6.07, 6.45) is -3.36. The number of hydrogen-bond acceptors (Lipinski definition) is 3. The van der Waals surface area contributed by atoms with Gasteiger partial charge >= 0.3 is 6.18 Å². The van der Waals surface area contributed by atoms with E-state index >= 15 is 0 Å². The predicted molar refractivity (Wildman–Crippen MR) is 71.4 cm³/mol. The van der Waals surface area contributed by atoms with Gasteiger partial charge < -0.3 is 5.32 Å². The van der Waals surface area contributed by atoms with Gasteiger partial charge in [0, 0.05) is 10.2 Å². The van der Waals surface area contributed by atoms with Crippen molar-refractivity contribution in [2.24, 2.45) is 0 Å². The smallest absolute Gasteiger partial charge is 0.354 e. The third-order valence-electron chi connectivity index (χ3n) is 2.37. The molecule has 0 radical (unpaired) electrons. The Bertz CT molecular complexity index is 660. The van der Waals surface area contributed by atoms with Crippen molar-refractivity contribution in [2.45, 2.75) is 6.18 Å². The Morgan fingerprint density at radius 1 is 1.15 bits per heavy atom. The molecule has 1 N–H and O–H groups in total. The molecule has 1 aromatic heterocycles. The number of halogens is 4. The third kappa shape index (κ3) is 3.48. The monoisotopic (exact) mass is 341 g/mol. The Hall–Kier alpha value is -2.07. The standard InChI is InChI=1S/C13H7BrF3N3/c14-9-3-8(6-18)4-11(5-9)20-10-1-2-12(19-7-10)13(15,16)17/h1-5,7,20H. The lowest BCUT2D eigenvalue weighted by atomic mass is 10.2. The summed E-state index contributed by atoms with van der Waals surface area (Å²) in [5, 5.41) is 11.7. The lowest BCUT2D eigenvalue weighted by Gasteiger charge is -2.09. The van der Waals surface area contributed by atoms with E-state index in [-0.39, 0.29) is 0 Å². The average molecular weight is 342 g/mol. The fourth-order valence-corrected chi connectivity index (χ4v) is 2.02. The highest BCUT2D eigenvalue weighted by Crippen LogP contribution is 2.28. The molecule has 0 amide bonds. The number of alkyl halides is 3. The van der Waals surface area contributed by atoms with Gasteiger partial charge in [0.05, 0.1) is 23.5 Å². The Morgan fingerprint density at radius 2 is 1.90 bits per heavy atom. The van der Waals surface area contributed by atoms with Crippen LogP contribution in [0.25, 0.3) is 0 Å². The molecular weight excluding hydrogens is 335 g/mol. The summed E-state index contributed by atoms with van der Waals surface area (Å²) in [6.45, 7) is 0. The molecular formula is C13H7BrF3N3. The molecule has 0 aliphatic heterocycles. The van der Waals surface area contributed by atoms with Gasteiger partial charge in [0.15, 0.2) is 0 Å². The van der Waals surface area contributed by atoms with Crippen LogP contribution < -0.4 is 5.32 Å². The van der Waals surface area contributed by atoms with Gasteiger partial charge in [-0.1, -0.05) is 15.9 Å². The largest absolute Gasteiger partial charge is 0.433 e. The highest BCUT2D eigenvalue weighted by atomic mass is 79.9. The van der Waals surface area contributed by atoms with Crippen LogP contribution >= 0.6 is 15.9 Å². The molecule has 2 rings (SSSR count).